The first-order valence-corrected chi connectivity index (χ1v) is 11.6. The van der Waals surface area contributed by atoms with E-state index in [-0.39, 0.29) is 11.9 Å². The molecule has 3 rings (SSSR count). The van der Waals surface area contributed by atoms with Crippen molar-refractivity contribution in [2.45, 2.75) is 32.7 Å². The number of carbonyl (C=O) groups excluding carboxylic acids is 1. The molecule has 0 saturated carbocycles. The van der Waals surface area contributed by atoms with Crippen LogP contribution in [0.5, 0.6) is 11.5 Å². The van der Waals surface area contributed by atoms with Crippen molar-refractivity contribution >= 4 is 28.9 Å². The van der Waals surface area contributed by atoms with Gasteiger partial charge in [-0.25, -0.2) is 0 Å². The van der Waals surface area contributed by atoms with Gasteiger partial charge < -0.3 is 14.8 Å². The molecule has 0 saturated heterocycles. The zero-order valence-electron chi connectivity index (χ0n) is 18.3. The predicted molar refractivity (Wildman–Crippen MR) is 129 cm³/mol. The Kier molecular flexibility index (Phi) is 8.59. The Bertz CT molecular complexity index is 923. The van der Waals surface area contributed by atoms with E-state index in [2.05, 4.69) is 24.2 Å². The van der Waals surface area contributed by atoms with Crippen molar-refractivity contribution in [3.63, 3.8) is 0 Å². The lowest BCUT2D eigenvalue weighted by atomic mass is 10.1. The van der Waals surface area contributed by atoms with E-state index < -0.39 is 0 Å². The topological polar surface area (TPSA) is 59.9 Å². The molecule has 0 aliphatic carbocycles. The van der Waals surface area contributed by atoms with Crippen molar-refractivity contribution in [1.29, 1.82) is 0 Å². The van der Waals surface area contributed by atoms with E-state index in [0.717, 1.165) is 41.2 Å². The summed E-state index contributed by atoms with van der Waals surface area (Å²) in [7, 11) is 1.65. The first-order chi connectivity index (χ1) is 15.0. The van der Waals surface area contributed by atoms with Crippen LogP contribution in [0.25, 0.3) is 6.08 Å². The third-order valence-electron chi connectivity index (χ3n) is 4.86. The second-order valence-electron chi connectivity index (χ2n) is 7.81. The van der Waals surface area contributed by atoms with Gasteiger partial charge in [-0.1, -0.05) is 49.9 Å². The summed E-state index contributed by atoms with van der Waals surface area (Å²) in [5.41, 5.74) is 2.03. The Balaban J connectivity index is 1.50. The van der Waals surface area contributed by atoms with Gasteiger partial charge in [-0.2, -0.15) is 0 Å². The minimum atomic E-state index is -0.190. The number of hydrogen-bond acceptors (Lipinski definition) is 5. The molecule has 5 nitrogen and oxygen atoms in total. The molecule has 31 heavy (non-hydrogen) atoms. The predicted octanol–water partition coefficient (Wildman–Crippen LogP) is 5.48. The molecule has 1 heterocycles. The number of amidine groups is 1. The third-order valence-corrected chi connectivity index (χ3v) is 5.82. The van der Waals surface area contributed by atoms with E-state index in [1.165, 1.54) is 6.08 Å². The number of hydrogen-bond donors (Lipinski definition) is 1. The van der Waals surface area contributed by atoms with Crippen molar-refractivity contribution < 1.29 is 14.3 Å². The van der Waals surface area contributed by atoms with Crippen LogP contribution in [0.4, 0.5) is 0 Å². The van der Waals surface area contributed by atoms with Crippen LogP contribution in [0.1, 0.15) is 43.9 Å². The van der Waals surface area contributed by atoms with E-state index in [1.807, 2.05) is 48.5 Å². The average Bonchev–Trinajstić information content (AvgIpc) is 3.24. The lowest BCUT2D eigenvalue weighted by Gasteiger charge is -2.08. The Morgan fingerprint density at radius 2 is 2.03 bits per heavy atom. The first-order valence-electron chi connectivity index (χ1n) is 10.6. The normalized spacial score (nSPS) is 15.9. The second kappa shape index (κ2) is 11.6. The Labute approximate surface area is 188 Å². The monoisotopic (exact) mass is 438 g/mol. The maximum atomic E-state index is 12.3. The summed E-state index contributed by atoms with van der Waals surface area (Å²) in [4.78, 5) is 16.9. The summed E-state index contributed by atoms with van der Waals surface area (Å²) in [6, 6.07) is 15.7. The molecule has 1 atom stereocenters. The lowest BCUT2D eigenvalue weighted by Crippen LogP contribution is -2.25. The molecule has 1 aliphatic rings. The van der Waals surface area contributed by atoms with Crippen LogP contribution in [-0.2, 0) is 4.79 Å². The van der Waals surface area contributed by atoms with Crippen molar-refractivity contribution in [1.82, 2.24) is 5.32 Å². The van der Waals surface area contributed by atoms with Crippen LogP contribution in [0.2, 0.25) is 0 Å². The highest BCUT2D eigenvalue weighted by atomic mass is 32.2. The molecule has 1 N–H and O–H groups in total. The maximum absolute atomic E-state index is 12.3. The van der Waals surface area contributed by atoms with Gasteiger partial charge in [-0.05, 0) is 60.2 Å². The summed E-state index contributed by atoms with van der Waals surface area (Å²) in [5, 5.41) is 3.52. The fourth-order valence-electron chi connectivity index (χ4n) is 3.15. The number of carbonyl (C=O) groups is 1. The van der Waals surface area contributed by atoms with Crippen molar-refractivity contribution in [2.24, 2.45) is 10.9 Å². The quantitative estimate of drug-likeness (QED) is 0.416. The number of thioether (sulfide) groups is 1. The fraction of sp³-hybridized carbons (Fsp3) is 0.360. The van der Waals surface area contributed by atoms with Gasteiger partial charge in [0.2, 0.25) is 5.91 Å². The van der Waals surface area contributed by atoms with Crippen molar-refractivity contribution in [3.8, 4) is 11.5 Å². The number of nitrogens with zero attached hydrogens (tertiary/aromatic N) is 1. The number of ether oxygens (including phenoxy) is 2. The van der Waals surface area contributed by atoms with Crippen LogP contribution in [-0.4, -0.2) is 30.5 Å². The molecule has 164 valence electrons. The van der Waals surface area contributed by atoms with E-state index in [4.69, 9.17) is 9.47 Å². The third kappa shape index (κ3) is 7.47. The second-order valence-corrected chi connectivity index (χ2v) is 8.82. The highest BCUT2D eigenvalue weighted by Crippen LogP contribution is 2.30. The number of benzene rings is 2. The largest absolute Gasteiger partial charge is 0.497 e. The van der Waals surface area contributed by atoms with Gasteiger partial charge in [-0.15, -0.1) is 0 Å². The van der Waals surface area contributed by atoms with Crippen LogP contribution in [0.3, 0.4) is 0 Å². The van der Waals surface area contributed by atoms with Gasteiger partial charge in [-0.3, -0.25) is 9.79 Å². The molecule has 0 fully saturated rings. The lowest BCUT2D eigenvalue weighted by molar-refractivity contribution is -0.115. The summed E-state index contributed by atoms with van der Waals surface area (Å²) in [6.07, 6.45) is 5.51. The molecule has 0 radical (unpaired) electrons. The number of nitrogens with one attached hydrogen (secondary N) is 1. The molecule has 0 spiro atoms. The highest BCUT2D eigenvalue weighted by molar-refractivity contribution is 8.14. The Hall–Kier alpha value is -2.73. The molecule has 0 aromatic heterocycles. The number of methoxy groups -OCH3 is 1. The SMILES string of the molecule is COc1ccc(C2CSC(NC(=O)/C=C/c3cccc(OCCCC(C)C)c3)=N2)cc1. The minimum Gasteiger partial charge on any atom is -0.497 e. The molecule has 1 amide bonds. The zero-order chi connectivity index (χ0) is 22.1. The molecule has 0 bridgehead atoms. The zero-order valence-corrected chi connectivity index (χ0v) is 19.2. The van der Waals surface area contributed by atoms with Crippen LogP contribution in [0, 0.1) is 5.92 Å². The van der Waals surface area contributed by atoms with E-state index in [0.29, 0.717) is 17.7 Å². The summed E-state index contributed by atoms with van der Waals surface area (Å²) in [6.45, 7) is 5.13. The van der Waals surface area contributed by atoms with Gasteiger partial charge in [0.1, 0.15) is 11.5 Å². The molecule has 1 unspecified atom stereocenters. The van der Waals surface area contributed by atoms with Gasteiger partial charge in [0.05, 0.1) is 19.8 Å². The van der Waals surface area contributed by atoms with Gasteiger partial charge in [0, 0.05) is 11.8 Å². The molecule has 1 aliphatic heterocycles. The molecular formula is C25H30N2O3S. The van der Waals surface area contributed by atoms with Crippen LogP contribution >= 0.6 is 11.8 Å². The Morgan fingerprint density at radius 3 is 2.77 bits per heavy atom. The highest BCUT2D eigenvalue weighted by Gasteiger charge is 2.20. The molecule has 2 aromatic rings. The summed E-state index contributed by atoms with van der Waals surface area (Å²) in [5.74, 6) is 2.95. The number of rotatable bonds is 9. The molecule has 2 aromatic carbocycles. The standard InChI is InChI=1S/C25H30N2O3S/c1-18(2)6-5-15-30-22-8-4-7-19(16-22)9-14-24(28)27-25-26-23(17-31-25)20-10-12-21(29-3)13-11-20/h4,7-14,16,18,23H,5-6,15,17H2,1-3H3,(H,26,27,28)/b14-9+. The number of amides is 1. The van der Waals surface area contributed by atoms with E-state index in [9.17, 15) is 4.79 Å². The summed E-state index contributed by atoms with van der Waals surface area (Å²) < 4.78 is 11.0. The average molecular weight is 439 g/mol. The van der Waals surface area contributed by atoms with Crippen molar-refractivity contribution in [3.05, 3.63) is 65.7 Å². The maximum Gasteiger partial charge on any atom is 0.249 e. The van der Waals surface area contributed by atoms with Crippen LogP contribution < -0.4 is 14.8 Å². The van der Waals surface area contributed by atoms with Crippen LogP contribution in [0.15, 0.2) is 59.6 Å². The van der Waals surface area contributed by atoms with E-state index >= 15 is 0 Å². The van der Waals surface area contributed by atoms with Gasteiger partial charge >= 0.3 is 0 Å². The minimum absolute atomic E-state index is 0.0414. The summed E-state index contributed by atoms with van der Waals surface area (Å²) >= 11 is 1.55. The van der Waals surface area contributed by atoms with Crippen molar-refractivity contribution in [2.75, 3.05) is 19.5 Å². The molecular weight excluding hydrogens is 408 g/mol. The first kappa shape index (κ1) is 22.9. The molecule has 6 heteroatoms. The van der Waals surface area contributed by atoms with Gasteiger partial charge in [0.15, 0.2) is 5.17 Å². The van der Waals surface area contributed by atoms with Gasteiger partial charge in [0.25, 0.3) is 0 Å². The smallest absolute Gasteiger partial charge is 0.249 e. The number of aliphatic imine (C=N–C) groups is 1. The fourth-order valence-corrected chi connectivity index (χ4v) is 4.10. The van der Waals surface area contributed by atoms with E-state index in [1.54, 1.807) is 24.9 Å². The Morgan fingerprint density at radius 1 is 1.23 bits per heavy atom.